The molecule has 0 spiro atoms. The third kappa shape index (κ3) is 4.64. The van der Waals surface area contributed by atoms with Crippen LogP contribution in [0.3, 0.4) is 0 Å². The van der Waals surface area contributed by atoms with Gasteiger partial charge in [-0.25, -0.2) is 4.79 Å². The number of carbonyl (C=O) groups excluding carboxylic acids is 1. The molecule has 1 rings (SSSR count). The van der Waals surface area contributed by atoms with Crippen molar-refractivity contribution in [3.63, 3.8) is 0 Å². The minimum Gasteiger partial charge on any atom is -0.507 e. The number of hydrogen-bond acceptors (Lipinski definition) is 3. The van der Waals surface area contributed by atoms with Crippen LogP contribution in [0.15, 0.2) is 37.4 Å². The zero-order valence-corrected chi connectivity index (χ0v) is 9.77. The van der Waals surface area contributed by atoms with Crippen LogP contribution in [0.5, 0.6) is 5.75 Å². The molecule has 0 fully saturated rings. The predicted molar refractivity (Wildman–Crippen MR) is 64.5 cm³/mol. The van der Waals surface area contributed by atoms with E-state index in [4.69, 9.17) is 4.74 Å². The van der Waals surface area contributed by atoms with Crippen LogP contribution in [-0.4, -0.2) is 17.7 Å². The van der Waals surface area contributed by atoms with Crippen LogP contribution in [0.25, 0.3) is 0 Å². The molecule has 0 amide bonds. The standard InChI is InChI=1S/C11H14O3.C2H4/c1-8(2)7-14-11(13)9-5-3-4-6-10(9)12;1-2/h3-6,8,12H,7H2,1-2H3;1-2H2. The predicted octanol–water partition coefficient (Wildman–Crippen LogP) is 3.01. The monoisotopic (exact) mass is 222 g/mol. The summed E-state index contributed by atoms with van der Waals surface area (Å²) in [5.41, 5.74) is 0.216. The maximum Gasteiger partial charge on any atom is 0.341 e. The molecule has 0 saturated carbocycles. The minimum atomic E-state index is -0.475. The lowest BCUT2D eigenvalue weighted by Gasteiger charge is -2.07. The highest BCUT2D eigenvalue weighted by Crippen LogP contribution is 2.16. The molecule has 88 valence electrons. The lowest BCUT2D eigenvalue weighted by atomic mass is 10.2. The molecule has 1 aromatic rings. The first-order valence-corrected chi connectivity index (χ1v) is 5.06. The second-order valence-electron chi connectivity index (χ2n) is 3.51. The van der Waals surface area contributed by atoms with Crippen molar-refractivity contribution in [1.29, 1.82) is 0 Å². The van der Waals surface area contributed by atoms with Gasteiger partial charge in [-0.2, -0.15) is 0 Å². The van der Waals surface area contributed by atoms with E-state index in [9.17, 15) is 9.90 Å². The minimum absolute atomic E-state index is 0.0405. The second kappa shape index (κ2) is 7.51. The molecule has 1 N–H and O–H groups in total. The van der Waals surface area contributed by atoms with E-state index in [0.29, 0.717) is 12.5 Å². The summed E-state index contributed by atoms with van der Waals surface area (Å²) in [6, 6.07) is 6.35. The van der Waals surface area contributed by atoms with Crippen LogP contribution in [0.4, 0.5) is 0 Å². The Balaban J connectivity index is 0.00000106. The highest BCUT2D eigenvalue weighted by molar-refractivity contribution is 5.92. The Morgan fingerprint density at radius 1 is 1.38 bits per heavy atom. The fourth-order valence-electron chi connectivity index (χ4n) is 0.966. The summed E-state index contributed by atoms with van der Waals surface area (Å²) in [4.78, 5) is 11.4. The van der Waals surface area contributed by atoms with E-state index in [-0.39, 0.29) is 11.3 Å². The van der Waals surface area contributed by atoms with Crippen LogP contribution in [-0.2, 0) is 4.74 Å². The number of aromatic hydroxyl groups is 1. The van der Waals surface area contributed by atoms with E-state index in [0.717, 1.165) is 0 Å². The molecule has 0 radical (unpaired) electrons. The number of carbonyl (C=O) groups is 1. The van der Waals surface area contributed by atoms with Crippen LogP contribution < -0.4 is 0 Å². The van der Waals surface area contributed by atoms with Crippen molar-refractivity contribution in [1.82, 2.24) is 0 Å². The smallest absolute Gasteiger partial charge is 0.341 e. The summed E-state index contributed by atoms with van der Waals surface area (Å²) >= 11 is 0. The number of esters is 1. The Hall–Kier alpha value is -1.77. The number of phenolic OH excluding ortho intramolecular Hbond substituents is 1. The Bertz CT molecular complexity index is 332. The number of benzene rings is 1. The lowest BCUT2D eigenvalue weighted by Crippen LogP contribution is -2.10. The molecule has 3 nitrogen and oxygen atoms in total. The fourth-order valence-corrected chi connectivity index (χ4v) is 0.966. The average Bonchev–Trinajstić information content (AvgIpc) is 2.29. The van der Waals surface area contributed by atoms with Crippen molar-refractivity contribution in [2.75, 3.05) is 6.61 Å². The largest absolute Gasteiger partial charge is 0.507 e. The number of ether oxygens (including phenoxy) is 1. The lowest BCUT2D eigenvalue weighted by molar-refractivity contribution is 0.0455. The molecule has 16 heavy (non-hydrogen) atoms. The van der Waals surface area contributed by atoms with Gasteiger partial charge in [0, 0.05) is 0 Å². The first-order chi connectivity index (χ1) is 7.61. The Kier molecular flexibility index (Phi) is 6.68. The van der Waals surface area contributed by atoms with Crippen LogP contribution in [0.1, 0.15) is 24.2 Å². The number of rotatable bonds is 3. The van der Waals surface area contributed by atoms with Gasteiger partial charge in [-0.3, -0.25) is 0 Å². The van der Waals surface area contributed by atoms with Crippen LogP contribution in [0.2, 0.25) is 0 Å². The Morgan fingerprint density at radius 3 is 2.44 bits per heavy atom. The zero-order valence-electron chi connectivity index (χ0n) is 9.77. The van der Waals surface area contributed by atoms with Crippen LogP contribution in [0, 0.1) is 5.92 Å². The normalized spacial score (nSPS) is 9.19. The number of hydrogen-bond donors (Lipinski definition) is 1. The summed E-state index contributed by atoms with van der Waals surface area (Å²) in [7, 11) is 0. The summed E-state index contributed by atoms with van der Waals surface area (Å²) < 4.78 is 4.97. The molecule has 0 aliphatic carbocycles. The first kappa shape index (κ1) is 14.2. The van der Waals surface area contributed by atoms with Gasteiger partial charge in [0.2, 0.25) is 0 Å². The number of para-hydroxylation sites is 1. The third-order valence-electron chi connectivity index (χ3n) is 1.67. The van der Waals surface area contributed by atoms with Crippen molar-refractivity contribution in [3.05, 3.63) is 43.0 Å². The maximum atomic E-state index is 11.4. The van der Waals surface area contributed by atoms with Gasteiger partial charge in [0.15, 0.2) is 0 Å². The summed E-state index contributed by atoms with van der Waals surface area (Å²) in [5.74, 6) is -0.220. The van der Waals surface area contributed by atoms with E-state index >= 15 is 0 Å². The van der Waals surface area contributed by atoms with E-state index in [1.807, 2.05) is 13.8 Å². The van der Waals surface area contributed by atoms with Gasteiger partial charge in [-0.15, -0.1) is 13.2 Å². The molecule has 0 atom stereocenters. The summed E-state index contributed by atoms with van der Waals surface area (Å²) in [6.45, 7) is 10.3. The van der Waals surface area contributed by atoms with Gasteiger partial charge in [0.05, 0.1) is 6.61 Å². The van der Waals surface area contributed by atoms with Crippen LogP contribution >= 0.6 is 0 Å². The first-order valence-electron chi connectivity index (χ1n) is 5.06. The molecule has 0 bridgehead atoms. The maximum absolute atomic E-state index is 11.4. The van der Waals surface area contributed by atoms with Crippen molar-refractivity contribution in [3.8, 4) is 5.75 Å². The molecule has 1 aromatic carbocycles. The Morgan fingerprint density at radius 2 is 1.94 bits per heavy atom. The quantitative estimate of drug-likeness (QED) is 0.631. The molecular formula is C13H18O3. The van der Waals surface area contributed by atoms with E-state index in [2.05, 4.69) is 13.2 Å². The van der Waals surface area contributed by atoms with Crippen molar-refractivity contribution >= 4 is 5.97 Å². The Labute approximate surface area is 96.4 Å². The molecular weight excluding hydrogens is 204 g/mol. The molecule has 0 aliphatic heterocycles. The fraction of sp³-hybridized carbons (Fsp3) is 0.308. The second-order valence-corrected chi connectivity index (χ2v) is 3.51. The summed E-state index contributed by atoms with van der Waals surface area (Å²) in [5, 5.41) is 9.35. The highest BCUT2D eigenvalue weighted by atomic mass is 16.5. The SMILES string of the molecule is C=C.CC(C)COC(=O)c1ccccc1O. The highest BCUT2D eigenvalue weighted by Gasteiger charge is 2.11. The van der Waals surface area contributed by atoms with E-state index < -0.39 is 5.97 Å². The molecule has 0 aliphatic rings. The van der Waals surface area contributed by atoms with Gasteiger partial charge in [-0.05, 0) is 18.1 Å². The van der Waals surface area contributed by atoms with Crippen molar-refractivity contribution < 1.29 is 14.6 Å². The third-order valence-corrected chi connectivity index (χ3v) is 1.67. The van der Waals surface area contributed by atoms with Gasteiger partial charge >= 0.3 is 5.97 Å². The van der Waals surface area contributed by atoms with Crippen molar-refractivity contribution in [2.24, 2.45) is 5.92 Å². The average molecular weight is 222 g/mol. The number of phenols is 1. The van der Waals surface area contributed by atoms with Gasteiger partial charge in [0.25, 0.3) is 0 Å². The van der Waals surface area contributed by atoms with Gasteiger partial charge in [0.1, 0.15) is 11.3 Å². The van der Waals surface area contributed by atoms with E-state index in [1.54, 1.807) is 12.1 Å². The van der Waals surface area contributed by atoms with E-state index in [1.165, 1.54) is 12.1 Å². The zero-order chi connectivity index (χ0) is 12.6. The molecule has 3 heteroatoms. The van der Waals surface area contributed by atoms with Gasteiger partial charge in [-0.1, -0.05) is 26.0 Å². The van der Waals surface area contributed by atoms with Crippen molar-refractivity contribution in [2.45, 2.75) is 13.8 Å². The molecule has 0 unspecified atom stereocenters. The summed E-state index contributed by atoms with van der Waals surface area (Å²) in [6.07, 6.45) is 0. The molecule has 0 heterocycles. The molecule has 0 saturated heterocycles. The van der Waals surface area contributed by atoms with Gasteiger partial charge < -0.3 is 9.84 Å². The molecule has 0 aromatic heterocycles. The topological polar surface area (TPSA) is 46.5 Å².